The lowest BCUT2D eigenvalue weighted by Gasteiger charge is -2.30. The Bertz CT molecular complexity index is 1660. The van der Waals surface area contributed by atoms with Crippen molar-refractivity contribution in [3.63, 3.8) is 0 Å². The molecule has 4 aromatic rings. The molecule has 2 saturated carbocycles. The van der Waals surface area contributed by atoms with Gasteiger partial charge in [0.15, 0.2) is 11.5 Å². The second-order valence-corrected chi connectivity index (χ2v) is 13.1. The van der Waals surface area contributed by atoms with Crippen LogP contribution in [0, 0.1) is 11.8 Å². The Kier molecular flexibility index (Phi) is 8.58. The lowest BCUT2D eigenvalue weighted by molar-refractivity contribution is 0.0738. The number of hydrogen-bond donors (Lipinski definition) is 2. The maximum Gasteiger partial charge on any atom is 0.278 e. The van der Waals surface area contributed by atoms with Crippen LogP contribution in [0.2, 0.25) is 0 Å². The minimum atomic E-state index is -1.14. The van der Waals surface area contributed by atoms with Crippen molar-refractivity contribution >= 4 is 28.4 Å². The standard InChI is InChI=1S/C35H45N7O2/c1-5-22-41-33(43)29-23-36-34(39-32(29)42(41)31-15-9-14-30(38-31)35(2,3)44)37-26-17-20-28(21-18-26)40(4)27-13-8-12-25(16-19-27)24-10-6-7-11-24/h5,9,14-15,17-18,20-21,23-25,27,44H,1,6-8,10-13,16,19,22H2,2-4H3,(H,36,37,39). The molecule has 232 valence electrons. The molecule has 9 heteroatoms. The highest BCUT2D eigenvalue weighted by Crippen LogP contribution is 2.39. The van der Waals surface area contributed by atoms with Gasteiger partial charge in [-0.15, -0.1) is 6.58 Å². The third-order valence-corrected chi connectivity index (χ3v) is 9.68. The number of anilines is 3. The predicted octanol–water partition coefficient (Wildman–Crippen LogP) is 6.71. The summed E-state index contributed by atoms with van der Waals surface area (Å²) in [4.78, 5) is 29.7. The molecule has 2 unspecified atom stereocenters. The first kappa shape index (κ1) is 30.1. The fourth-order valence-corrected chi connectivity index (χ4v) is 7.21. The van der Waals surface area contributed by atoms with Crippen molar-refractivity contribution < 1.29 is 5.11 Å². The molecule has 0 aliphatic heterocycles. The molecule has 0 radical (unpaired) electrons. The highest BCUT2D eigenvalue weighted by atomic mass is 16.3. The van der Waals surface area contributed by atoms with Crippen LogP contribution >= 0.6 is 0 Å². The number of fused-ring (bicyclic) bond motifs is 1. The molecule has 2 aliphatic carbocycles. The zero-order chi connectivity index (χ0) is 30.8. The van der Waals surface area contributed by atoms with Crippen LogP contribution in [-0.2, 0) is 12.1 Å². The molecule has 6 rings (SSSR count). The lowest BCUT2D eigenvalue weighted by atomic mass is 9.85. The van der Waals surface area contributed by atoms with E-state index in [1.807, 2.05) is 6.07 Å². The average Bonchev–Trinajstić information content (AvgIpc) is 3.56. The van der Waals surface area contributed by atoms with Crippen LogP contribution in [0.1, 0.15) is 77.3 Å². The highest BCUT2D eigenvalue weighted by Gasteiger charge is 2.29. The second kappa shape index (κ2) is 12.6. The number of aliphatic hydroxyl groups is 1. The molecule has 2 aliphatic rings. The molecule has 0 amide bonds. The van der Waals surface area contributed by atoms with E-state index in [0.29, 0.717) is 34.5 Å². The fourth-order valence-electron chi connectivity index (χ4n) is 7.21. The molecule has 3 heterocycles. The molecule has 1 aromatic carbocycles. The van der Waals surface area contributed by atoms with E-state index in [2.05, 4.69) is 58.1 Å². The number of pyridine rings is 1. The summed E-state index contributed by atoms with van der Waals surface area (Å²) < 4.78 is 3.20. The number of rotatable bonds is 9. The molecule has 0 spiro atoms. The first-order valence-electron chi connectivity index (χ1n) is 16.1. The number of aromatic nitrogens is 5. The monoisotopic (exact) mass is 595 g/mol. The van der Waals surface area contributed by atoms with Crippen molar-refractivity contribution in [2.75, 3.05) is 17.3 Å². The van der Waals surface area contributed by atoms with Crippen LogP contribution in [0.25, 0.3) is 16.9 Å². The number of allylic oxidation sites excluding steroid dienone is 1. The van der Waals surface area contributed by atoms with Crippen molar-refractivity contribution in [1.82, 2.24) is 24.3 Å². The Labute approximate surface area is 259 Å². The first-order valence-corrected chi connectivity index (χ1v) is 16.1. The summed E-state index contributed by atoms with van der Waals surface area (Å²) in [6.45, 7) is 7.45. The molecule has 2 N–H and O–H groups in total. The largest absolute Gasteiger partial charge is 0.384 e. The molecule has 2 atom stereocenters. The van der Waals surface area contributed by atoms with Crippen molar-refractivity contribution in [2.45, 2.75) is 89.8 Å². The molecule has 2 fully saturated rings. The Morgan fingerprint density at radius 1 is 1.00 bits per heavy atom. The van der Waals surface area contributed by atoms with Gasteiger partial charge in [-0.2, -0.15) is 4.98 Å². The van der Waals surface area contributed by atoms with Crippen molar-refractivity contribution in [1.29, 1.82) is 0 Å². The van der Waals surface area contributed by atoms with Gasteiger partial charge in [0.25, 0.3) is 5.56 Å². The zero-order valence-electron chi connectivity index (χ0n) is 26.2. The lowest BCUT2D eigenvalue weighted by Crippen LogP contribution is -2.31. The van der Waals surface area contributed by atoms with Crippen LogP contribution in [0.15, 0.2) is 66.1 Å². The van der Waals surface area contributed by atoms with E-state index in [4.69, 9.17) is 4.98 Å². The summed E-state index contributed by atoms with van der Waals surface area (Å²) in [6, 6.07) is 14.4. The minimum absolute atomic E-state index is 0.234. The summed E-state index contributed by atoms with van der Waals surface area (Å²) >= 11 is 0. The molecule has 0 bridgehead atoms. The Morgan fingerprint density at radius 3 is 2.45 bits per heavy atom. The first-order chi connectivity index (χ1) is 21.2. The van der Waals surface area contributed by atoms with Gasteiger partial charge in [0.1, 0.15) is 11.0 Å². The third kappa shape index (κ3) is 6.15. The molecular weight excluding hydrogens is 550 g/mol. The van der Waals surface area contributed by atoms with Crippen molar-refractivity contribution in [2.24, 2.45) is 11.8 Å². The SMILES string of the molecule is C=CCn1c(=O)c2cnc(Nc3ccc(N(C)C4CCCC(C5CCCC5)CC4)cc3)nc2n1-c1cccc(C(C)(C)O)n1. The maximum atomic E-state index is 13.3. The van der Waals surface area contributed by atoms with Crippen LogP contribution in [0.3, 0.4) is 0 Å². The number of hydrogen-bond acceptors (Lipinski definition) is 7. The van der Waals surface area contributed by atoms with Crippen molar-refractivity contribution in [3.8, 4) is 5.82 Å². The van der Waals surface area contributed by atoms with Gasteiger partial charge in [0.2, 0.25) is 5.95 Å². The van der Waals surface area contributed by atoms with Gasteiger partial charge in [0, 0.05) is 30.7 Å². The quantitative estimate of drug-likeness (QED) is 0.164. The van der Waals surface area contributed by atoms with Gasteiger partial charge in [-0.05, 0) is 81.3 Å². The van der Waals surface area contributed by atoms with E-state index in [-0.39, 0.29) is 12.1 Å². The van der Waals surface area contributed by atoms with Gasteiger partial charge in [-0.3, -0.25) is 4.79 Å². The zero-order valence-corrected chi connectivity index (χ0v) is 26.2. The molecular formula is C35H45N7O2. The van der Waals surface area contributed by atoms with E-state index in [0.717, 1.165) is 17.5 Å². The third-order valence-electron chi connectivity index (χ3n) is 9.68. The van der Waals surface area contributed by atoms with E-state index < -0.39 is 5.60 Å². The van der Waals surface area contributed by atoms with Gasteiger partial charge < -0.3 is 15.3 Å². The van der Waals surface area contributed by atoms with Crippen LogP contribution in [-0.4, -0.2) is 42.5 Å². The van der Waals surface area contributed by atoms with Crippen LogP contribution in [0.4, 0.5) is 17.3 Å². The van der Waals surface area contributed by atoms with Gasteiger partial charge in [0.05, 0.1) is 12.2 Å². The van der Waals surface area contributed by atoms with Gasteiger partial charge in [-0.25, -0.2) is 19.3 Å². The molecule has 9 nitrogen and oxygen atoms in total. The summed E-state index contributed by atoms with van der Waals surface area (Å²) in [5.74, 6) is 2.74. The number of benzene rings is 1. The van der Waals surface area contributed by atoms with E-state index in [1.165, 1.54) is 68.2 Å². The second-order valence-electron chi connectivity index (χ2n) is 13.1. The summed E-state index contributed by atoms with van der Waals surface area (Å²) in [6.07, 6.45) is 15.6. The predicted molar refractivity (Wildman–Crippen MR) is 177 cm³/mol. The van der Waals surface area contributed by atoms with Crippen LogP contribution < -0.4 is 15.8 Å². The summed E-state index contributed by atoms with van der Waals surface area (Å²) in [5, 5.41) is 14.3. The van der Waals surface area contributed by atoms with Crippen molar-refractivity contribution in [3.05, 3.63) is 77.4 Å². The Hall–Kier alpha value is -3.98. The molecule has 44 heavy (non-hydrogen) atoms. The number of nitrogens with one attached hydrogen (secondary N) is 1. The van der Waals surface area contributed by atoms with E-state index >= 15 is 0 Å². The van der Waals surface area contributed by atoms with Crippen LogP contribution in [0.5, 0.6) is 0 Å². The topological polar surface area (TPSA) is 101 Å². The average molecular weight is 596 g/mol. The van der Waals surface area contributed by atoms with Gasteiger partial charge in [-0.1, -0.05) is 50.7 Å². The minimum Gasteiger partial charge on any atom is -0.384 e. The molecule has 0 saturated heterocycles. The van der Waals surface area contributed by atoms with E-state index in [9.17, 15) is 9.90 Å². The fraction of sp³-hybridized carbons (Fsp3) is 0.486. The maximum absolute atomic E-state index is 13.3. The summed E-state index contributed by atoms with van der Waals surface area (Å²) in [5.41, 5.74) is 1.62. The normalized spacial score (nSPS) is 19.6. The smallest absolute Gasteiger partial charge is 0.278 e. The molecule has 3 aromatic heterocycles. The highest BCUT2D eigenvalue weighted by molar-refractivity contribution is 5.77. The van der Waals surface area contributed by atoms with E-state index in [1.54, 1.807) is 42.9 Å². The Balaban J connectivity index is 1.22. The van der Waals surface area contributed by atoms with Gasteiger partial charge >= 0.3 is 0 Å². The number of nitrogens with zero attached hydrogens (tertiary/aromatic N) is 6. The summed E-state index contributed by atoms with van der Waals surface area (Å²) in [7, 11) is 2.23. The Morgan fingerprint density at radius 2 is 1.73 bits per heavy atom.